The molecule has 0 aliphatic carbocycles. The lowest BCUT2D eigenvalue weighted by atomic mass is 10.1. The molecule has 0 spiro atoms. The van der Waals surface area contributed by atoms with Gasteiger partial charge in [-0.15, -0.1) is 11.3 Å². The van der Waals surface area contributed by atoms with E-state index in [9.17, 15) is 4.79 Å². The predicted octanol–water partition coefficient (Wildman–Crippen LogP) is 1.14. The van der Waals surface area contributed by atoms with Gasteiger partial charge in [0.2, 0.25) is 12.3 Å². The van der Waals surface area contributed by atoms with Crippen LogP contribution < -0.4 is 21.5 Å². The van der Waals surface area contributed by atoms with Crippen LogP contribution >= 0.6 is 11.3 Å². The van der Waals surface area contributed by atoms with Gasteiger partial charge in [0.1, 0.15) is 5.01 Å². The third kappa shape index (κ3) is 3.83. The molecule has 0 saturated heterocycles. The zero-order valence-corrected chi connectivity index (χ0v) is 15.7. The number of carbonyl (C=O) groups excluding carboxylic acids is 1. The Morgan fingerprint density at radius 2 is 1.60 bits per heavy atom. The van der Waals surface area contributed by atoms with Crippen LogP contribution in [-0.2, 0) is 6.54 Å². The van der Waals surface area contributed by atoms with Crippen LogP contribution in [0.5, 0.6) is 0 Å². The highest BCUT2D eigenvalue weighted by Crippen LogP contribution is 2.29. The van der Waals surface area contributed by atoms with Gasteiger partial charge < -0.3 is 17.0 Å². The van der Waals surface area contributed by atoms with Gasteiger partial charge in [0.15, 0.2) is 12.4 Å². The molecule has 2 aromatic carbocycles. The van der Waals surface area contributed by atoms with E-state index >= 15 is 0 Å². The maximum absolute atomic E-state index is 12.3. The van der Waals surface area contributed by atoms with Crippen molar-refractivity contribution in [3.63, 3.8) is 0 Å². The lowest BCUT2D eigenvalue weighted by Crippen LogP contribution is -3.00. The van der Waals surface area contributed by atoms with E-state index in [0.717, 1.165) is 21.7 Å². The second kappa shape index (κ2) is 7.68. The number of fused-ring (bicyclic) bond motifs is 1. The number of thiazole rings is 1. The van der Waals surface area contributed by atoms with Gasteiger partial charge in [-0.25, -0.2) is 4.98 Å². The third-order valence-electron chi connectivity index (χ3n) is 3.85. The Kier molecular flexibility index (Phi) is 5.36. The number of carbonyl (C=O) groups is 1. The monoisotopic (exact) mass is 410 g/mol. The van der Waals surface area contributed by atoms with E-state index < -0.39 is 0 Å². The number of Topliss-reactive ketones (excluding diaryl/α,β-unsaturated/α-hetero) is 1. The standard InChI is InChI=1S/C20H15N2OS.BrH/c23-18(15-6-2-1-3-7-15)14-22-12-10-16(11-13-22)20-21-17-8-4-5-9-19(17)24-20;/h1-13H,14H2;1H/q+1;/p-1. The summed E-state index contributed by atoms with van der Waals surface area (Å²) in [6.07, 6.45) is 3.87. The lowest BCUT2D eigenvalue weighted by Gasteiger charge is -1.99. The predicted molar refractivity (Wildman–Crippen MR) is 96.0 cm³/mol. The number of nitrogens with zero attached hydrogens (tertiary/aromatic N) is 2. The van der Waals surface area contributed by atoms with Crippen molar-refractivity contribution in [2.75, 3.05) is 0 Å². The van der Waals surface area contributed by atoms with Crippen molar-refractivity contribution in [2.24, 2.45) is 0 Å². The number of halogens is 1. The summed E-state index contributed by atoms with van der Waals surface area (Å²) in [5.41, 5.74) is 2.83. The number of hydrogen-bond acceptors (Lipinski definition) is 3. The second-order valence-corrected chi connectivity index (χ2v) is 6.57. The van der Waals surface area contributed by atoms with Gasteiger partial charge in [0.25, 0.3) is 0 Å². The molecule has 0 bridgehead atoms. The summed E-state index contributed by atoms with van der Waals surface area (Å²) >= 11 is 1.68. The summed E-state index contributed by atoms with van der Waals surface area (Å²) < 4.78 is 3.08. The Bertz CT molecular complexity index is 964. The number of aromatic nitrogens is 2. The zero-order valence-electron chi connectivity index (χ0n) is 13.3. The molecule has 0 saturated carbocycles. The fraction of sp³-hybridized carbons (Fsp3) is 0.0500. The Balaban J connectivity index is 0.00000182. The minimum absolute atomic E-state index is 0. The SMILES string of the molecule is O=C(C[n+]1ccc(-c2nc3ccccc3s2)cc1)c1ccccc1.[Br-]. The second-order valence-electron chi connectivity index (χ2n) is 5.54. The van der Waals surface area contributed by atoms with E-state index in [2.05, 4.69) is 11.1 Å². The summed E-state index contributed by atoms with van der Waals surface area (Å²) in [5.74, 6) is 0.105. The summed E-state index contributed by atoms with van der Waals surface area (Å²) in [5, 5.41) is 0.998. The van der Waals surface area contributed by atoms with Crippen LogP contribution in [0, 0.1) is 0 Å². The first-order valence-electron chi connectivity index (χ1n) is 7.73. The van der Waals surface area contributed by atoms with Gasteiger partial charge in [0, 0.05) is 23.3 Å². The highest BCUT2D eigenvalue weighted by Gasteiger charge is 2.13. The van der Waals surface area contributed by atoms with E-state index in [0.29, 0.717) is 6.54 Å². The van der Waals surface area contributed by atoms with Gasteiger partial charge in [-0.3, -0.25) is 4.79 Å². The Morgan fingerprint density at radius 1 is 0.920 bits per heavy atom. The Labute approximate surface area is 160 Å². The fourth-order valence-corrected chi connectivity index (χ4v) is 3.55. The molecule has 25 heavy (non-hydrogen) atoms. The first-order chi connectivity index (χ1) is 11.8. The summed E-state index contributed by atoms with van der Waals surface area (Å²) in [4.78, 5) is 16.9. The maximum atomic E-state index is 12.3. The molecule has 4 rings (SSSR count). The van der Waals surface area contributed by atoms with Crippen LogP contribution in [0.1, 0.15) is 10.4 Å². The van der Waals surface area contributed by atoms with Crippen molar-refractivity contribution in [2.45, 2.75) is 6.54 Å². The van der Waals surface area contributed by atoms with Crippen molar-refractivity contribution in [1.82, 2.24) is 4.98 Å². The number of benzene rings is 2. The molecule has 0 amide bonds. The van der Waals surface area contributed by atoms with E-state index in [4.69, 9.17) is 0 Å². The molecule has 0 aliphatic heterocycles. The first kappa shape index (κ1) is 17.5. The van der Waals surface area contributed by atoms with E-state index in [1.165, 1.54) is 4.70 Å². The number of rotatable bonds is 4. The summed E-state index contributed by atoms with van der Waals surface area (Å²) in [6.45, 7) is 0.337. The van der Waals surface area contributed by atoms with Crippen LogP contribution in [-0.4, -0.2) is 10.8 Å². The Morgan fingerprint density at radius 3 is 2.32 bits per heavy atom. The minimum Gasteiger partial charge on any atom is -1.00 e. The molecular formula is C20H15BrN2OS. The van der Waals surface area contributed by atoms with Crippen LogP contribution in [0.4, 0.5) is 0 Å². The quantitative estimate of drug-likeness (QED) is 0.373. The molecule has 3 nitrogen and oxygen atoms in total. The smallest absolute Gasteiger partial charge is 0.227 e. The summed E-state index contributed by atoms with van der Waals surface area (Å²) in [6, 6.07) is 21.5. The number of hydrogen-bond donors (Lipinski definition) is 0. The number of pyridine rings is 1. The van der Waals surface area contributed by atoms with Crippen molar-refractivity contribution in [3.05, 3.63) is 84.7 Å². The Hall–Kier alpha value is -2.37. The van der Waals surface area contributed by atoms with Gasteiger partial charge >= 0.3 is 0 Å². The number of ketones is 1. The van der Waals surface area contributed by atoms with Crippen LogP contribution in [0.25, 0.3) is 20.8 Å². The molecule has 4 aromatic rings. The molecule has 0 aliphatic rings. The van der Waals surface area contributed by atoms with Crippen molar-refractivity contribution >= 4 is 27.3 Å². The van der Waals surface area contributed by atoms with Gasteiger partial charge in [-0.1, -0.05) is 42.5 Å². The van der Waals surface area contributed by atoms with E-state index in [1.54, 1.807) is 11.3 Å². The molecule has 2 heterocycles. The van der Waals surface area contributed by atoms with Crippen molar-refractivity contribution in [3.8, 4) is 10.6 Å². The van der Waals surface area contributed by atoms with Crippen LogP contribution in [0.15, 0.2) is 79.1 Å². The molecule has 0 unspecified atom stereocenters. The van der Waals surface area contributed by atoms with Gasteiger partial charge in [-0.05, 0) is 12.1 Å². The van der Waals surface area contributed by atoms with Crippen LogP contribution in [0.2, 0.25) is 0 Å². The van der Waals surface area contributed by atoms with Crippen molar-refractivity contribution in [1.29, 1.82) is 0 Å². The molecule has 0 radical (unpaired) electrons. The molecule has 0 N–H and O–H groups in total. The molecule has 2 aromatic heterocycles. The highest BCUT2D eigenvalue weighted by molar-refractivity contribution is 7.21. The zero-order chi connectivity index (χ0) is 16.4. The fourth-order valence-electron chi connectivity index (χ4n) is 2.58. The largest absolute Gasteiger partial charge is 1.00 e. The maximum Gasteiger partial charge on any atom is 0.227 e. The highest BCUT2D eigenvalue weighted by atomic mass is 79.9. The van der Waals surface area contributed by atoms with Gasteiger partial charge in [-0.2, -0.15) is 4.57 Å². The van der Waals surface area contributed by atoms with E-state index in [1.807, 2.05) is 77.6 Å². The summed E-state index contributed by atoms with van der Waals surface area (Å²) in [7, 11) is 0. The molecular weight excluding hydrogens is 396 g/mol. The minimum atomic E-state index is 0. The first-order valence-corrected chi connectivity index (χ1v) is 8.54. The molecule has 0 atom stereocenters. The number of para-hydroxylation sites is 1. The average molecular weight is 411 g/mol. The molecule has 0 fully saturated rings. The molecule has 124 valence electrons. The van der Waals surface area contributed by atoms with E-state index in [-0.39, 0.29) is 22.8 Å². The van der Waals surface area contributed by atoms with Crippen molar-refractivity contribution < 1.29 is 26.3 Å². The lowest BCUT2D eigenvalue weighted by molar-refractivity contribution is -0.683. The third-order valence-corrected chi connectivity index (χ3v) is 4.94. The normalized spacial score (nSPS) is 10.4. The average Bonchev–Trinajstić information content (AvgIpc) is 3.07. The van der Waals surface area contributed by atoms with Gasteiger partial charge in [0.05, 0.1) is 10.2 Å². The van der Waals surface area contributed by atoms with Crippen LogP contribution in [0.3, 0.4) is 0 Å². The topological polar surface area (TPSA) is 33.8 Å². The molecule has 5 heteroatoms.